The Kier molecular flexibility index (Phi) is 4.11. The van der Waals surface area contributed by atoms with Gasteiger partial charge in [0.15, 0.2) is 0 Å². The minimum Gasteiger partial charge on any atom is -0.375 e. The Morgan fingerprint density at radius 1 is 1.29 bits per heavy atom. The van der Waals surface area contributed by atoms with Crippen molar-refractivity contribution in [2.24, 2.45) is 0 Å². The molecule has 0 atom stereocenters. The molecule has 2 nitrogen and oxygen atoms in total. The van der Waals surface area contributed by atoms with E-state index in [1.54, 1.807) is 0 Å². The molecule has 14 heavy (non-hydrogen) atoms. The second kappa shape index (κ2) is 4.73. The van der Waals surface area contributed by atoms with Crippen molar-refractivity contribution in [2.75, 3.05) is 13.1 Å². The molecule has 1 saturated heterocycles. The van der Waals surface area contributed by atoms with Gasteiger partial charge in [0.2, 0.25) is 5.78 Å². The summed E-state index contributed by atoms with van der Waals surface area (Å²) in [6.45, 7) is 3.82. The average Bonchev–Trinajstić information content (AvgIpc) is 2.53. The summed E-state index contributed by atoms with van der Waals surface area (Å²) in [6, 6.07) is 0. The molecule has 1 aliphatic heterocycles. The first-order valence-corrected chi connectivity index (χ1v) is 5.59. The van der Waals surface area contributed by atoms with E-state index < -0.39 is 9.58 Å². The smallest absolute Gasteiger partial charge is 0.252 e. The third-order valence-corrected chi connectivity index (χ3v) is 2.78. The van der Waals surface area contributed by atoms with Gasteiger partial charge < -0.3 is 4.90 Å². The quantitative estimate of drug-likeness (QED) is 0.559. The predicted molar refractivity (Wildman–Crippen MR) is 59.9 cm³/mol. The Labute approximate surface area is 98.8 Å². The number of likely N-dealkylation sites (tertiary alicyclic amines) is 1. The molecule has 0 aromatic rings. The summed E-state index contributed by atoms with van der Waals surface area (Å²) in [5.74, 6) is -0.480. The van der Waals surface area contributed by atoms with Gasteiger partial charge >= 0.3 is 0 Å². The van der Waals surface area contributed by atoms with E-state index in [9.17, 15) is 4.79 Å². The van der Waals surface area contributed by atoms with E-state index >= 15 is 0 Å². The standard InChI is InChI=1S/C9H12Cl3NO/c1-7(13-4-2-3-5-13)6-8(14)9(10,11)12/h6H,2-5H2,1H3/b7-6+. The van der Waals surface area contributed by atoms with Crippen LogP contribution in [0, 0.1) is 0 Å². The van der Waals surface area contributed by atoms with Gasteiger partial charge in [0.25, 0.3) is 3.79 Å². The molecule has 1 heterocycles. The summed E-state index contributed by atoms with van der Waals surface area (Å²) in [7, 11) is 0. The highest BCUT2D eigenvalue weighted by atomic mass is 35.6. The van der Waals surface area contributed by atoms with Crippen LogP contribution in [0.25, 0.3) is 0 Å². The lowest BCUT2D eigenvalue weighted by Crippen LogP contribution is -2.21. The molecule has 0 aromatic carbocycles. The number of alkyl halides is 3. The molecule has 0 spiro atoms. The second-order valence-electron chi connectivity index (χ2n) is 3.34. The number of ketones is 1. The number of allylic oxidation sites excluding steroid dienone is 2. The van der Waals surface area contributed by atoms with Crippen LogP contribution in [-0.2, 0) is 4.79 Å². The van der Waals surface area contributed by atoms with Gasteiger partial charge in [-0.15, -0.1) is 0 Å². The monoisotopic (exact) mass is 255 g/mol. The van der Waals surface area contributed by atoms with E-state index in [1.807, 2.05) is 6.92 Å². The Balaban J connectivity index is 2.63. The lowest BCUT2D eigenvalue weighted by molar-refractivity contribution is -0.113. The summed E-state index contributed by atoms with van der Waals surface area (Å²) in [5.41, 5.74) is 0.874. The first-order valence-electron chi connectivity index (χ1n) is 4.45. The minimum atomic E-state index is -1.83. The number of carbonyl (C=O) groups excluding carboxylic acids is 1. The topological polar surface area (TPSA) is 20.3 Å². The number of nitrogens with zero attached hydrogens (tertiary/aromatic N) is 1. The molecular weight excluding hydrogens is 244 g/mol. The first-order chi connectivity index (χ1) is 6.41. The van der Waals surface area contributed by atoms with Crippen LogP contribution in [0.4, 0.5) is 0 Å². The molecule has 0 N–H and O–H groups in total. The molecular formula is C9H12Cl3NO. The fraction of sp³-hybridized carbons (Fsp3) is 0.667. The number of carbonyl (C=O) groups is 1. The zero-order valence-electron chi connectivity index (χ0n) is 7.90. The Hall–Kier alpha value is 0.0800. The summed E-state index contributed by atoms with van der Waals surface area (Å²) in [6.07, 6.45) is 3.72. The summed E-state index contributed by atoms with van der Waals surface area (Å²) >= 11 is 16.4. The average molecular weight is 257 g/mol. The van der Waals surface area contributed by atoms with E-state index in [0.29, 0.717) is 0 Å². The summed E-state index contributed by atoms with van der Waals surface area (Å²) in [5, 5.41) is 0. The minimum absolute atomic E-state index is 0.480. The normalized spacial score (nSPS) is 18.9. The van der Waals surface area contributed by atoms with Gasteiger partial charge in [0.1, 0.15) is 0 Å². The van der Waals surface area contributed by atoms with Crippen LogP contribution in [0.2, 0.25) is 0 Å². The lowest BCUT2D eigenvalue weighted by Gasteiger charge is -2.18. The van der Waals surface area contributed by atoms with Crippen LogP contribution in [0.1, 0.15) is 19.8 Å². The second-order valence-corrected chi connectivity index (χ2v) is 5.62. The van der Waals surface area contributed by atoms with Gasteiger partial charge in [-0.05, 0) is 19.8 Å². The number of hydrogen-bond donors (Lipinski definition) is 0. The van der Waals surface area contributed by atoms with Gasteiger partial charge in [0.05, 0.1) is 0 Å². The van der Waals surface area contributed by atoms with Crippen molar-refractivity contribution >= 4 is 40.6 Å². The van der Waals surface area contributed by atoms with Gasteiger partial charge in [0, 0.05) is 24.9 Å². The number of halogens is 3. The fourth-order valence-corrected chi connectivity index (χ4v) is 1.60. The zero-order chi connectivity index (χ0) is 10.8. The van der Waals surface area contributed by atoms with Crippen molar-refractivity contribution in [3.63, 3.8) is 0 Å². The Bertz CT molecular complexity index is 251. The van der Waals surface area contributed by atoms with Crippen molar-refractivity contribution < 1.29 is 4.79 Å². The number of rotatable bonds is 2. The first kappa shape index (κ1) is 12.2. The molecule has 0 aromatic heterocycles. The molecule has 5 heteroatoms. The van der Waals surface area contributed by atoms with Gasteiger partial charge in [-0.2, -0.15) is 0 Å². The zero-order valence-corrected chi connectivity index (χ0v) is 10.2. The third kappa shape index (κ3) is 3.34. The maximum Gasteiger partial charge on any atom is 0.252 e. The van der Waals surface area contributed by atoms with Crippen LogP contribution in [0.5, 0.6) is 0 Å². The Morgan fingerprint density at radius 3 is 2.21 bits per heavy atom. The summed E-state index contributed by atoms with van der Waals surface area (Å²) < 4.78 is -1.83. The van der Waals surface area contributed by atoms with E-state index in [0.717, 1.165) is 31.6 Å². The van der Waals surface area contributed by atoms with Gasteiger partial charge in [-0.1, -0.05) is 34.8 Å². The van der Waals surface area contributed by atoms with Crippen molar-refractivity contribution in [3.05, 3.63) is 11.8 Å². The highest BCUT2D eigenvalue weighted by Crippen LogP contribution is 2.28. The van der Waals surface area contributed by atoms with E-state index in [4.69, 9.17) is 34.8 Å². The van der Waals surface area contributed by atoms with Crippen LogP contribution in [0.15, 0.2) is 11.8 Å². The Morgan fingerprint density at radius 2 is 1.79 bits per heavy atom. The maximum absolute atomic E-state index is 11.3. The number of hydrogen-bond acceptors (Lipinski definition) is 2. The van der Waals surface area contributed by atoms with E-state index in [1.165, 1.54) is 6.08 Å². The van der Waals surface area contributed by atoms with Crippen molar-refractivity contribution in [1.29, 1.82) is 0 Å². The van der Waals surface area contributed by atoms with Gasteiger partial charge in [-0.25, -0.2) is 0 Å². The van der Waals surface area contributed by atoms with Gasteiger partial charge in [-0.3, -0.25) is 4.79 Å². The molecule has 1 rings (SSSR count). The molecule has 80 valence electrons. The lowest BCUT2D eigenvalue weighted by atomic mass is 10.3. The van der Waals surface area contributed by atoms with Crippen LogP contribution in [-0.4, -0.2) is 27.6 Å². The molecule has 1 aliphatic rings. The molecule has 0 bridgehead atoms. The van der Waals surface area contributed by atoms with Crippen LogP contribution < -0.4 is 0 Å². The largest absolute Gasteiger partial charge is 0.375 e. The predicted octanol–water partition coefficient (Wildman–Crippen LogP) is 2.93. The van der Waals surface area contributed by atoms with E-state index in [-0.39, 0.29) is 0 Å². The third-order valence-electron chi connectivity index (χ3n) is 2.22. The van der Waals surface area contributed by atoms with Crippen molar-refractivity contribution in [2.45, 2.75) is 23.6 Å². The van der Waals surface area contributed by atoms with E-state index in [2.05, 4.69) is 4.90 Å². The highest BCUT2D eigenvalue weighted by molar-refractivity contribution is 6.77. The summed E-state index contributed by atoms with van der Waals surface area (Å²) in [4.78, 5) is 13.5. The molecule has 0 saturated carbocycles. The molecule has 0 unspecified atom stereocenters. The van der Waals surface area contributed by atoms with Crippen LogP contribution >= 0.6 is 34.8 Å². The van der Waals surface area contributed by atoms with Crippen LogP contribution in [0.3, 0.4) is 0 Å². The highest BCUT2D eigenvalue weighted by Gasteiger charge is 2.29. The van der Waals surface area contributed by atoms with Crippen molar-refractivity contribution in [3.8, 4) is 0 Å². The van der Waals surface area contributed by atoms with Crippen molar-refractivity contribution in [1.82, 2.24) is 4.90 Å². The SMILES string of the molecule is C/C(=C\C(=O)C(Cl)(Cl)Cl)N1CCCC1. The molecule has 0 amide bonds. The molecule has 0 radical (unpaired) electrons. The molecule has 1 fully saturated rings. The maximum atomic E-state index is 11.3. The molecule has 0 aliphatic carbocycles. The fourth-order valence-electron chi connectivity index (χ4n) is 1.43.